The quantitative estimate of drug-likeness (QED) is 0.886. The lowest BCUT2D eigenvalue weighted by Crippen LogP contribution is -2.10. The number of aryl methyl sites for hydroxylation is 1. The summed E-state index contributed by atoms with van der Waals surface area (Å²) in [5.74, 6) is -0.955. The summed E-state index contributed by atoms with van der Waals surface area (Å²) >= 11 is 1.49. The lowest BCUT2D eigenvalue weighted by molar-refractivity contribution is 0.0692. The highest BCUT2D eigenvalue weighted by Crippen LogP contribution is 2.33. The highest BCUT2D eigenvalue weighted by atomic mass is 32.1. The minimum atomic E-state index is -0.955. The predicted octanol–water partition coefficient (Wildman–Crippen LogP) is 4.76. The minimum Gasteiger partial charge on any atom is -0.476 e. The molecule has 1 aromatic heterocycles. The monoisotopic (exact) mass is 303 g/mol. The molecule has 0 saturated carbocycles. The van der Waals surface area contributed by atoms with Crippen LogP contribution in [0.25, 0.3) is 10.4 Å². The van der Waals surface area contributed by atoms with Crippen molar-refractivity contribution in [1.29, 1.82) is 0 Å². The minimum absolute atomic E-state index is 0.0925. The molecule has 0 unspecified atom stereocenters. The van der Waals surface area contributed by atoms with Crippen molar-refractivity contribution in [2.45, 2.75) is 46.0 Å². The Labute approximate surface area is 129 Å². The number of hydrogen-bond acceptors (Lipinski definition) is 3. The standard InChI is InChI=1S/C17H21NO2S/c1-5-6-13-18-14(16(19)20)15(21-13)11-7-9-12(10-8-11)17(2,3)4/h7-10H,5-6H2,1-4H3,(H,19,20). The zero-order valence-electron chi connectivity index (χ0n) is 12.9. The number of hydrogen-bond donors (Lipinski definition) is 1. The van der Waals surface area contributed by atoms with Gasteiger partial charge in [0.25, 0.3) is 0 Å². The van der Waals surface area contributed by atoms with E-state index in [9.17, 15) is 9.90 Å². The molecule has 1 aromatic carbocycles. The van der Waals surface area contributed by atoms with E-state index < -0.39 is 5.97 Å². The van der Waals surface area contributed by atoms with Gasteiger partial charge in [-0.25, -0.2) is 9.78 Å². The molecule has 3 nitrogen and oxygen atoms in total. The molecular formula is C17H21NO2S. The Morgan fingerprint density at radius 1 is 1.24 bits per heavy atom. The molecule has 0 aliphatic rings. The fourth-order valence-corrected chi connectivity index (χ4v) is 3.31. The van der Waals surface area contributed by atoms with Crippen LogP contribution in [0.2, 0.25) is 0 Å². The fourth-order valence-electron chi connectivity index (χ4n) is 2.15. The Bertz CT molecular complexity index is 636. The average molecular weight is 303 g/mol. The Kier molecular flexibility index (Phi) is 4.47. The van der Waals surface area contributed by atoms with E-state index in [1.165, 1.54) is 16.9 Å². The topological polar surface area (TPSA) is 50.2 Å². The molecule has 0 fully saturated rings. The van der Waals surface area contributed by atoms with Gasteiger partial charge in [0.05, 0.1) is 9.88 Å². The summed E-state index contributed by atoms with van der Waals surface area (Å²) in [6.07, 6.45) is 1.79. The molecule has 0 atom stereocenters. The second-order valence-electron chi connectivity index (χ2n) is 6.17. The van der Waals surface area contributed by atoms with Gasteiger partial charge >= 0.3 is 5.97 Å². The van der Waals surface area contributed by atoms with E-state index >= 15 is 0 Å². The zero-order valence-corrected chi connectivity index (χ0v) is 13.8. The van der Waals surface area contributed by atoms with Crippen molar-refractivity contribution in [3.63, 3.8) is 0 Å². The van der Waals surface area contributed by atoms with Gasteiger partial charge in [-0.15, -0.1) is 11.3 Å². The lowest BCUT2D eigenvalue weighted by atomic mass is 9.86. The normalized spacial score (nSPS) is 11.6. The molecule has 0 bridgehead atoms. The van der Waals surface area contributed by atoms with Gasteiger partial charge in [-0.05, 0) is 29.4 Å². The third kappa shape index (κ3) is 3.50. The summed E-state index contributed by atoms with van der Waals surface area (Å²) in [4.78, 5) is 16.4. The first kappa shape index (κ1) is 15.7. The molecule has 21 heavy (non-hydrogen) atoms. The summed E-state index contributed by atoms with van der Waals surface area (Å²) in [7, 11) is 0. The summed E-state index contributed by atoms with van der Waals surface area (Å²) in [6, 6.07) is 8.13. The summed E-state index contributed by atoms with van der Waals surface area (Å²) in [5, 5.41) is 10.2. The van der Waals surface area contributed by atoms with E-state index in [0.29, 0.717) is 0 Å². The third-order valence-corrected chi connectivity index (χ3v) is 4.52. The molecule has 2 rings (SSSR count). The Morgan fingerprint density at radius 2 is 1.86 bits per heavy atom. The first-order valence-electron chi connectivity index (χ1n) is 7.17. The Hall–Kier alpha value is -1.68. The van der Waals surface area contributed by atoms with E-state index in [0.717, 1.165) is 28.3 Å². The molecule has 0 amide bonds. The summed E-state index contributed by atoms with van der Waals surface area (Å²) in [6.45, 7) is 8.56. The molecule has 112 valence electrons. The Morgan fingerprint density at radius 3 is 2.33 bits per heavy atom. The molecule has 0 spiro atoms. The van der Waals surface area contributed by atoms with Crippen molar-refractivity contribution >= 4 is 17.3 Å². The number of carboxylic acid groups (broad SMARTS) is 1. The largest absolute Gasteiger partial charge is 0.476 e. The second-order valence-corrected chi connectivity index (χ2v) is 7.25. The smallest absolute Gasteiger partial charge is 0.356 e. The fraction of sp³-hybridized carbons (Fsp3) is 0.412. The van der Waals surface area contributed by atoms with Crippen LogP contribution in [-0.4, -0.2) is 16.1 Å². The Balaban J connectivity index is 2.43. The summed E-state index contributed by atoms with van der Waals surface area (Å²) < 4.78 is 0. The maximum Gasteiger partial charge on any atom is 0.356 e. The maximum absolute atomic E-state index is 11.4. The highest BCUT2D eigenvalue weighted by Gasteiger charge is 2.19. The number of thiazole rings is 1. The molecular weight excluding hydrogens is 282 g/mol. The number of rotatable bonds is 4. The van der Waals surface area contributed by atoms with Gasteiger partial charge in [0, 0.05) is 0 Å². The van der Waals surface area contributed by atoms with Crippen LogP contribution in [0.1, 0.15) is 55.2 Å². The number of carbonyl (C=O) groups is 1. The third-order valence-electron chi connectivity index (χ3n) is 3.35. The van der Waals surface area contributed by atoms with Crippen LogP contribution in [0, 0.1) is 0 Å². The average Bonchev–Trinajstić information content (AvgIpc) is 2.82. The van der Waals surface area contributed by atoms with Crippen LogP contribution in [0.15, 0.2) is 24.3 Å². The predicted molar refractivity (Wildman–Crippen MR) is 87.2 cm³/mol. The zero-order chi connectivity index (χ0) is 15.6. The van der Waals surface area contributed by atoms with Gasteiger partial charge in [-0.2, -0.15) is 0 Å². The second kappa shape index (κ2) is 5.98. The number of benzene rings is 1. The van der Waals surface area contributed by atoms with Gasteiger partial charge in [0.1, 0.15) is 0 Å². The van der Waals surface area contributed by atoms with E-state index in [1.807, 2.05) is 12.1 Å². The van der Waals surface area contributed by atoms with Crippen molar-refractivity contribution in [1.82, 2.24) is 4.98 Å². The maximum atomic E-state index is 11.4. The van der Waals surface area contributed by atoms with Crippen LogP contribution in [-0.2, 0) is 11.8 Å². The van der Waals surface area contributed by atoms with E-state index in [-0.39, 0.29) is 11.1 Å². The molecule has 0 aliphatic carbocycles. The molecule has 1 heterocycles. The van der Waals surface area contributed by atoms with Crippen LogP contribution < -0.4 is 0 Å². The van der Waals surface area contributed by atoms with Crippen molar-refractivity contribution < 1.29 is 9.90 Å². The number of aromatic nitrogens is 1. The van der Waals surface area contributed by atoms with E-state index in [1.54, 1.807) is 0 Å². The number of nitrogens with zero attached hydrogens (tertiary/aromatic N) is 1. The van der Waals surface area contributed by atoms with Crippen molar-refractivity contribution in [3.05, 3.63) is 40.5 Å². The molecule has 1 N–H and O–H groups in total. The van der Waals surface area contributed by atoms with Gasteiger partial charge in [-0.3, -0.25) is 0 Å². The van der Waals surface area contributed by atoms with E-state index in [4.69, 9.17) is 0 Å². The molecule has 2 aromatic rings. The first-order chi connectivity index (χ1) is 9.82. The lowest BCUT2D eigenvalue weighted by Gasteiger charge is -2.19. The van der Waals surface area contributed by atoms with Crippen LogP contribution >= 0.6 is 11.3 Å². The van der Waals surface area contributed by atoms with Crippen molar-refractivity contribution in [3.8, 4) is 10.4 Å². The van der Waals surface area contributed by atoms with E-state index in [2.05, 4.69) is 44.8 Å². The number of aromatic carboxylic acids is 1. The summed E-state index contributed by atoms with van der Waals surface area (Å²) in [5.41, 5.74) is 2.43. The van der Waals surface area contributed by atoms with Gasteiger partial charge in [0.15, 0.2) is 5.69 Å². The van der Waals surface area contributed by atoms with Crippen molar-refractivity contribution in [2.75, 3.05) is 0 Å². The molecule has 0 aliphatic heterocycles. The SMILES string of the molecule is CCCc1nc(C(=O)O)c(-c2ccc(C(C)(C)C)cc2)s1. The van der Waals surface area contributed by atoms with Crippen LogP contribution in [0.3, 0.4) is 0 Å². The van der Waals surface area contributed by atoms with Gasteiger partial charge in [-0.1, -0.05) is 52.0 Å². The van der Waals surface area contributed by atoms with Crippen LogP contribution in [0.5, 0.6) is 0 Å². The van der Waals surface area contributed by atoms with Crippen molar-refractivity contribution in [2.24, 2.45) is 0 Å². The first-order valence-corrected chi connectivity index (χ1v) is 7.98. The molecule has 0 radical (unpaired) electrons. The molecule has 0 saturated heterocycles. The van der Waals surface area contributed by atoms with Gasteiger partial charge < -0.3 is 5.11 Å². The molecule has 4 heteroatoms. The van der Waals surface area contributed by atoms with Gasteiger partial charge in [0.2, 0.25) is 0 Å². The number of carboxylic acids is 1. The van der Waals surface area contributed by atoms with Crippen LogP contribution in [0.4, 0.5) is 0 Å². The highest BCUT2D eigenvalue weighted by molar-refractivity contribution is 7.15.